The Kier molecular flexibility index (Phi) is 26.1. The number of hydrogen-bond acceptors (Lipinski definition) is 30. The number of carbonyl (C=O) groups excluding carboxylic acids is 1. The Hall–Kier alpha value is -2.68. The van der Waals surface area contributed by atoms with Crippen LogP contribution in [0.1, 0.15) is 6.42 Å². The molecule has 79 heavy (non-hydrogen) atoms. The molecule has 5 aliphatic heterocycles. The quantitative estimate of drug-likeness (QED) is 0.0311. The molecule has 34 nitrogen and oxygen atoms in total. The van der Waals surface area contributed by atoms with E-state index in [0.29, 0.717) is 0 Å². The minimum Gasteiger partial charge on any atom is -0.479 e. The van der Waals surface area contributed by atoms with Crippen LogP contribution in [0.5, 0.6) is 0 Å². The Balaban J connectivity index is 1.37. The van der Waals surface area contributed by atoms with Crippen molar-refractivity contribution in [3.05, 3.63) is 0 Å². The summed E-state index contributed by atoms with van der Waals surface area (Å²) in [5, 5.41) is 67.8. The molecule has 0 spiro atoms. The zero-order chi connectivity index (χ0) is 58.6. The van der Waals surface area contributed by atoms with Crippen LogP contribution in [0.2, 0.25) is 0 Å². The maximum atomic E-state index is 13.1. The molecule has 35 heteroatoms. The molecule has 0 aromatic rings. The first-order valence-corrected chi connectivity index (χ1v) is 26.0. The number of nitrogens with two attached hydrogens (primary N) is 2. The molecule has 26 atom stereocenters. The van der Waals surface area contributed by atoms with Crippen molar-refractivity contribution < 1.29 is 147 Å². The van der Waals surface area contributed by atoms with Crippen molar-refractivity contribution in [2.45, 2.75) is 166 Å². The third kappa shape index (κ3) is 15.6. The number of carbonyl (C=O) groups is 3. The molecular formula is C44H77N3O31S. The van der Waals surface area contributed by atoms with Crippen LogP contribution < -0.4 is 16.8 Å². The van der Waals surface area contributed by atoms with Crippen LogP contribution in [0.4, 0.5) is 0 Å². The van der Waals surface area contributed by atoms with Crippen LogP contribution in [-0.2, 0) is 114 Å². The third-order valence-corrected chi connectivity index (χ3v) is 14.5. The summed E-state index contributed by atoms with van der Waals surface area (Å²) in [5.41, 5.74) is 11.2. The number of aliphatic hydroxyl groups excluding tert-OH is 4. The van der Waals surface area contributed by atoms with E-state index in [2.05, 4.69) is 5.32 Å². The molecule has 0 saturated carbocycles. The van der Waals surface area contributed by atoms with Crippen molar-refractivity contribution >= 4 is 28.2 Å². The fourth-order valence-corrected chi connectivity index (χ4v) is 10.8. The van der Waals surface area contributed by atoms with Crippen LogP contribution in [-0.4, -0.2) is 318 Å². The normalized spacial score (nSPS) is 41.6. The molecule has 1 amide bonds. The van der Waals surface area contributed by atoms with E-state index in [9.17, 15) is 58.0 Å². The molecule has 5 fully saturated rings. The number of methoxy groups -OCH3 is 9. The molecule has 0 radical (unpaired) electrons. The lowest BCUT2D eigenvalue weighted by atomic mass is 9.92. The summed E-state index contributed by atoms with van der Waals surface area (Å²) in [6.07, 6.45) is -39.4. The van der Waals surface area contributed by atoms with Gasteiger partial charge in [0.05, 0.1) is 32.0 Å². The highest BCUT2D eigenvalue weighted by molar-refractivity contribution is 7.80. The van der Waals surface area contributed by atoms with Gasteiger partial charge in [-0.2, -0.15) is 8.42 Å². The van der Waals surface area contributed by atoms with Gasteiger partial charge in [-0.1, -0.05) is 0 Å². The summed E-state index contributed by atoms with van der Waals surface area (Å²) in [6.45, 7) is -2.14. The first-order chi connectivity index (χ1) is 37.6. The van der Waals surface area contributed by atoms with Gasteiger partial charge < -0.3 is 133 Å². The minimum atomic E-state index is -5.32. The number of aliphatic carboxylic acids is 2. The van der Waals surface area contributed by atoms with Gasteiger partial charge in [-0.3, -0.25) is 9.35 Å². The van der Waals surface area contributed by atoms with Gasteiger partial charge in [-0.25, -0.2) is 13.8 Å². The monoisotopic (exact) mass is 1180 g/mol. The van der Waals surface area contributed by atoms with Crippen LogP contribution in [0.3, 0.4) is 0 Å². The van der Waals surface area contributed by atoms with Crippen LogP contribution >= 0.6 is 0 Å². The van der Waals surface area contributed by atoms with E-state index in [1.807, 2.05) is 0 Å². The van der Waals surface area contributed by atoms with Gasteiger partial charge in [0.25, 0.3) is 0 Å². The lowest BCUT2D eigenvalue weighted by Crippen LogP contribution is -2.69. The lowest BCUT2D eigenvalue weighted by molar-refractivity contribution is -0.390. The maximum absolute atomic E-state index is 13.1. The number of rotatable bonds is 29. The summed E-state index contributed by atoms with van der Waals surface area (Å²) in [6, 6.07) is -1.03. The van der Waals surface area contributed by atoms with E-state index in [1.54, 1.807) is 0 Å². The number of aliphatic hydroxyl groups is 4. The van der Waals surface area contributed by atoms with Crippen molar-refractivity contribution in [3.8, 4) is 0 Å². The average molecular weight is 1180 g/mol. The molecule has 5 saturated heterocycles. The molecule has 5 aliphatic rings. The van der Waals surface area contributed by atoms with Gasteiger partial charge in [-0.15, -0.1) is 0 Å². The number of ether oxygens (including phenoxy) is 18. The standard InChI is InChI=1S/C44H77N3O31S/c1-60-15-20-26(32(78-79(57,58)59)24(61-2)17(69-20)10-11-47-38(52)16(46)12-45)73-44-37(68-9)28(64-5)30(33(77-44)39(53)54)74-41-22(51)21(50)23(18(13-48)70-41)72-43-36(67-8)29(65-6)31(34(76-43)40(55)56)75-42-35(66-7)27(63-4)25(62-3)19(14-49)71-42/h16-37,41-44,48-51H,10-15,45-46H2,1-9H3,(H,47,52)(H,53,54)(H,55,56)(H,57,58,59)/t16-,17+,18-,19-,20-,21-,22-,23-,24+,25-,26-,27+,28+,29+,30+,31+,32-,33-,34+,35-,36-,37-,41-,42-,43-,44-/m1/s1. The second kappa shape index (κ2) is 30.7. The van der Waals surface area contributed by atoms with E-state index in [-0.39, 0.29) is 26.1 Å². The van der Waals surface area contributed by atoms with Crippen molar-refractivity contribution in [2.24, 2.45) is 11.5 Å². The number of hydrogen-bond donors (Lipinski definition) is 10. The summed E-state index contributed by atoms with van der Waals surface area (Å²) in [5.74, 6) is -3.93. The molecule has 12 N–H and O–H groups in total. The number of nitrogens with one attached hydrogen (secondary N) is 1. The summed E-state index contributed by atoms with van der Waals surface area (Å²) < 4.78 is 145. The summed E-state index contributed by atoms with van der Waals surface area (Å²) in [7, 11) is 5.81. The number of amides is 1. The average Bonchev–Trinajstić information content (AvgIpc) is 3.49. The molecule has 0 aromatic carbocycles. The molecule has 0 unspecified atom stereocenters. The van der Waals surface area contributed by atoms with Crippen LogP contribution in [0.25, 0.3) is 0 Å². The fraction of sp³-hybridized carbons (Fsp3) is 0.932. The van der Waals surface area contributed by atoms with Gasteiger partial charge in [-0.05, 0) is 6.42 Å². The Morgan fingerprint density at radius 1 is 0.519 bits per heavy atom. The minimum absolute atomic E-state index is 0.0511. The van der Waals surface area contributed by atoms with E-state index < -0.39 is 201 Å². The van der Waals surface area contributed by atoms with Gasteiger partial charge in [0.1, 0.15) is 110 Å². The highest BCUT2D eigenvalue weighted by Gasteiger charge is 2.60. The number of carboxylic acid groups (broad SMARTS) is 2. The van der Waals surface area contributed by atoms with Gasteiger partial charge >= 0.3 is 22.3 Å². The van der Waals surface area contributed by atoms with Crippen molar-refractivity contribution in [1.29, 1.82) is 0 Å². The smallest absolute Gasteiger partial charge is 0.397 e. The molecule has 0 bridgehead atoms. The molecule has 0 aromatic heterocycles. The topological polar surface area (TPSA) is 466 Å². The first-order valence-electron chi connectivity index (χ1n) is 24.6. The molecule has 460 valence electrons. The Labute approximate surface area is 454 Å². The first kappa shape index (κ1) is 67.1. The van der Waals surface area contributed by atoms with E-state index in [0.717, 1.165) is 21.3 Å². The Morgan fingerprint density at radius 3 is 1.35 bits per heavy atom. The van der Waals surface area contributed by atoms with Crippen molar-refractivity contribution in [3.63, 3.8) is 0 Å². The summed E-state index contributed by atoms with van der Waals surface area (Å²) >= 11 is 0. The molecule has 5 rings (SSSR count). The number of carboxylic acids is 2. The Morgan fingerprint density at radius 2 is 0.924 bits per heavy atom. The zero-order valence-electron chi connectivity index (χ0n) is 44.7. The lowest BCUT2D eigenvalue weighted by Gasteiger charge is -2.50. The van der Waals surface area contributed by atoms with Crippen LogP contribution in [0, 0.1) is 0 Å². The Bertz CT molecular complexity index is 2000. The predicted molar refractivity (Wildman–Crippen MR) is 254 cm³/mol. The molecule has 0 aliphatic carbocycles. The van der Waals surface area contributed by atoms with Crippen molar-refractivity contribution in [2.75, 3.05) is 96.9 Å². The second-order valence-electron chi connectivity index (χ2n) is 18.5. The largest absolute Gasteiger partial charge is 0.479 e. The van der Waals surface area contributed by atoms with Gasteiger partial charge in [0.15, 0.2) is 37.4 Å². The molecular weight excluding hydrogens is 1100 g/mol. The SMILES string of the molecule is COC[C@H]1O[C@@H](CCNC(=O)[C@H](N)CN)[C@H](OC)[C@@H](OS(=O)(=O)O)[C@@H]1O[C@@H]1O[C@@H](C(=O)O)[C@@H](O[C@H]2O[C@H](CO)[C@@H](O[C@@H]3O[C@H](C(=O)O)[C@@H](O[C@H]4O[C@H](CO)[C@@H](OC)[C@H](OC)[C@H]4OC)[C@H](OC)[C@H]3OC)[C@H](O)[C@H]2O)[C@H](OC)[C@H]1OC. The zero-order valence-corrected chi connectivity index (χ0v) is 45.6. The maximum Gasteiger partial charge on any atom is 0.397 e. The third-order valence-electron chi connectivity index (χ3n) is 14.0. The van der Waals surface area contributed by atoms with E-state index >= 15 is 0 Å². The fourth-order valence-electron chi connectivity index (χ4n) is 10.3. The van der Waals surface area contributed by atoms with E-state index in [1.165, 1.54) is 42.7 Å². The van der Waals surface area contributed by atoms with Gasteiger partial charge in [0, 0.05) is 77.1 Å². The highest BCUT2D eigenvalue weighted by atomic mass is 32.3. The predicted octanol–water partition coefficient (Wildman–Crippen LogP) is -7.18. The summed E-state index contributed by atoms with van der Waals surface area (Å²) in [4.78, 5) is 38.4. The second-order valence-corrected chi connectivity index (χ2v) is 19.6. The van der Waals surface area contributed by atoms with Crippen molar-refractivity contribution in [1.82, 2.24) is 5.32 Å². The van der Waals surface area contributed by atoms with Crippen LogP contribution in [0.15, 0.2) is 0 Å². The van der Waals surface area contributed by atoms with Gasteiger partial charge in [0.2, 0.25) is 5.91 Å². The highest BCUT2D eigenvalue weighted by Crippen LogP contribution is 2.39. The molecule has 5 heterocycles. The van der Waals surface area contributed by atoms with E-state index in [4.69, 9.17) is 101 Å².